The molecule has 0 aliphatic rings. The molecular weight excluding hydrogens is 340 g/mol. The van der Waals surface area contributed by atoms with E-state index in [1.54, 1.807) is 37.3 Å². The van der Waals surface area contributed by atoms with E-state index < -0.39 is 0 Å². The van der Waals surface area contributed by atoms with Crippen molar-refractivity contribution in [1.82, 2.24) is 15.3 Å². The minimum Gasteiger partial charge on any atom is -0.347 e. The van der Waals surface area contributed by atoms with Crippen LogP contribution in [0.15, 0.2) is 60.7 Å². The fraction of sp³-hybridized carbons (Fsp3) is 0.143. The molecule has 6 heteroatoms. The number of rotatable bonds is 6. The van der Waals surface area contributed by atoms with Crippen molar-refractivity contribution in [3.05, 3.63) is 83.3 Å². The van der Waals surface area contributed by atoms with Crippen LogP contribution < -0.4 is 10.6 Å². The molecule has 0 aliphatic heterocycles. The highest BCUT2D eigenvalue weighted by Gasteiger charge is 2.11. The van der Waals surface area contributed by atoms with Crippen LogP contribution in [0.5, 0.6) is 0 Å². The zero-order valence-electron chi connectivity index (χ0n) is 15.2. The van der Waals surface area contributed by atoms with Gasteiger partial charge in [0.05, 0.1) is 0 Å². The van der Waals surface area contributed by atoms with Gasteiger partial charge in [-0.3, -0.25) is 9.59 Å². The van der Waals surface area contributed by atoms with Gasteiger partial charge in [-0.15, -0.1) is 0 Å². The number of hydrogen-bond donors (Lipinski definition) is 2. The molecule has 0 spiro atoms. The second-order valence-electron chi connectivity index (χ2n) is 6.11. The first kappa shape index (κ1) is 18.3. The molecule has 136 valence electrons. The number of nitrogens with one attached hydrogen (secondary N) is 2. The topological polar surface area (TPSA) is 84.0 Å². The third-order valence-electron chi connectivity index (χ3n) is 3.93. The minimum absolute atomic E-state index is 0.0109. The predicted molar refractivity (Wildman–Crippen MR) is 104 cm³/mol. The molecule has 0 bridgehead atoms. The van der Waals surface area contributed by atoms with Crippen LogP contribution in [0, 0.1) is 6.92 Å². The first-order valence-electron chi connectivity index (χ1n) is 8.57. The summed E-state index contributed by atoms with van der Waals surface area (Å²) in [5, 5.41) is 6.00. The van der Waals surface area contributed by atoms with Crippen LogP contribution in [-0.2, 0) is 6.54 Å². The number of hydrogen-bond acceptors (Lipinski definition) is 5. The summed E-state index contributed by atoms with van der Waals surface area (Å²) < 4.78 is 0. The monoisotopic (exact) mass is 360 g/mol. The number of anilines is 2. The van der Waals surface area contributed by atoms with Crippen LogP contribution in [0.4, 0.5) is 11.5 Å². The summed E-state index contributed by atoms with van der Waals surface area (Å²) in [7, 11) is 0. The maximum absolute atomic E-state index is 12.4. The first-order valence-corrected chi connectivity index (χ1v) is 8.57. The van der Waals surface area contributed by atoms with E-state index in [0.29, 0.717) is 29.4 Å². The van der Waals surface area contributed by atoms with Gasteiger partial charge in [-0.05, 0) is 43.7 Å². The molecule has 6 nitrogen and oxygen atoms in total. The van der Waals surface area contributed by atoms with Crippen LogP contribution in [0.3, 0.4) is 0 Å². The summed E-state index contributed by atoms with van der Waals surface area (Å²) in [5.74, 6) is 0.754. The highest BCUT2D eigenvalue weighted by Crippen LogP contribution is 2.17. The first-order chi connectivity index (χ1) is 13.0. The number of carbonyl (C=O) groups excluding carboxylic acids is 2. The molecule has 2 N–H and O–H groups in total. The fourth-order valence-electron chi connectivity index (χ4n) is 2.55. The molecule has 1 amide bonds. The van der Waals surface area contributed by atoms with E-state index >= 15 is 0 Å². The molecule has 0 atom stereocenters. The molecule has 0 radical (unpaired) electrons. The van der Waals surface area contributed by atoms with E-state index in [4.69, 9.17) is 0 Å². The Morgan fingerprint density at radius 3 is 2.33 bits per heavy atom. The van der Waals surface area contributed by atoms with E-state index in [0.717, 1.165) is 11.3 Å². The van der Waals surface area contributed by atoms with Crippen LogP contribution in [0.2, 0.25) is 0 Å². The van der Waals surface area contributed by atoms with Crippen molar-refractivity contribution in [3.8, 4) is 0 Å². The lowest BCUT2D eigenvalue weighted by atomic mass is 10.1. The molecule has 3 rings (SSSR count). The lowest BCUT2D eigenvalue weighted by Crippen LogP contribution is -2.24. The van der Waals surface area contributed by atoms with Crippen LogP contribution in [0.1, 0.15) is 39.2 Å². The van der Waals surface area contributed by atoms with Crippen molar-refractivity contribution in [2.75, 3.05) is 5.32 Å². The van der Waals surface area contributed by atoms with Crippen LogP contribution in [-0.4, -0.2) is 21.7 Å². The minimum atomic E-state index is -0.265. The van der Waals surface area contributed by atoms with Gasteiger partial charge in [-0.2, -0.15) is 0 Å². The Morgan fingerprint density at radius 1 is 0.963 bits per heavy atom. The molecule has 1 heterocycles. The molecule has 0 saturated heterocycles. The number of benzene rings is 2. The van der Waals surface area contributed by atoms with Gasteiger partial charge < -0.3 is 10.6 Å². The number of Topliss-reactive ketones (excluding diaryl/α,β-unsaturated/α-hetero) is 1. The molecule has 0 fully saturated rings. The lowest BCUT2D eigenvalue weighted by Gasteiger charge is -2.10. The van der Waals surface area contributed by atoms with E-state index in [2.05, 4.69) is 20.6 Å². The van der Waals surface area contributed by atoms with Crippen molar-refractivity contribution in [3.63, 3.8) is 0 Å². The van der Waals surface area contributed by atoms with Gasteiger partial charge in [0.1, 0.15) is 17.3 Å². The van der Waals surface area contributed by atoms with E-state index in [-0.39, 0.29) is 11.7 Å². The Morgan fingerprint density at radius 2 is 1.67 bits per heavy atom. The molecule has 3 aromatic rings. The third kappa shape index (κ3) is 4.98. The fourth-order valence-corrected chi connectivity index (χ4v) is 2.55. The number of carbonyl (C=O) groups is 2. The summed E-state index contributed by atoms with van der Waals surface area (Å²) in [6.07, 6.45) is 0. The van der Waals surface area contributed by atoms with Crippen molar-refractivity contribution in [1.29, 1.82) is 0 Å². The second kappa shape index (κ2) is 8.23. The van der Waals surface area contributed by atoms with Gasteiger partial charge in [0.25, 0.3) is 5.91 Å². The summed E-state index contributed by atoms with van der Waals surface area (Å²) >= 11 is 0. The maximum atomic E-state index is 12.4. The van der Waals surface area contributed by atoms with Crippen molar-refractivity contribution in [2.45, 2.75) is 20.4 Å². The SMILES string of the molecule is CC(=O)c1ccc(Nc2cc(C(=O)NCc3ccccc3)nc(C)n2)cc1. The van der Waals surface area contributed by atoms with Gasteiger partial charge in [0, 0.05) is 23.9 Å². The van der Waals surface area contributed by atoms with Crippen molar-refractivity contribution >= 4 is 23.2 Å². The Bertz CT molecular complexity index is 954. The van der Waals surface area contributed by atoms with E-state index in [9.17, 15) is 9.59 Å². The highest BCUT2D eigenvalue weighted by molar-refractivity contribution is 5.94. The van der Waals surface area contributed by atoms with Crippen LogP contribution in [0.25, 0.3) is 0 Å². The van der Waals surface area contributed by atoms with Gasteiger partial charge in [-0.25, -0.2) is 9.97 Å². The quantitative estimate of drug-likeness (QED) is 0.656. The average molecular weight is 360 g/mol. The summed E-state index contributed by atoms with van der Waals surface area (Å²) in [5.41, 5.74) is 2.72. The molecule has 0 unspecified atom stereocenters. The van der Waals surface area contributed by atoms with Crippen molar-refractivity contribution < 1.29 is 9.59 Å². The largest absolute Gasteiger partial charge is 0.347 e. The molecular formula is C21H20N4O2. The van der Waals surface area contributed by atoms with Crippen molar-refractivity contribution in [2.24, 2.45) is 0 Å². The summed E-state index contributed by atoms with van der Waals surface area (Å²) in [6, 6.07) is 18.4. The highest BCUT2D eigenvalue weighted by atomic mass is 16.1. The van der Waals surface area contributed by atoms with E-state index in [1.165, 1.54) is 6.92 Å². The van der Waals surface area contributed by atoms with Gasteiger partial charge >= 0.3 is 0 Å². The molecule has 0 aliphatic carbocycles. The number of nitrogens with zero attached hydrogens (tertiary/aromatic N) is 2. The van der Waals surface area contributed by atoms with Crippen LogP contribution >= 0.6 is 0 Å². The third-order valence-corrected chi connectivity index (χ3v) is 3.93. The number of amides is 1. The molecule has 27 heavy (non-hydrogen) atoms. The number of ketones is 1. The lowest BCUT2D eigenvalue weighted by molar-refractivity contribution is 0.0944. The zero-order valence-corrected chi connectivity index (χ0v) is 15.2. The molecule has 1 aromatic heterocycles. The zero-order chi connectivity index (χ0) is 19.2. The van der Waals surface area contributed by atoms with Gasteiger partial charge in [0.2, 0.25) is 0 Å². The van der Waals surface area contributed by atoms with Gasteiger partial charge in [0.15, 0.2) is 5.78 Å². The predicted octanol–water partition coefficient (Wildman–Crippen LogP) is 3.66. The molecule has 2 aromatic carbocycles. The number of aryl methyl sites for hydroxylation is 1. The standard InChI is InChI=1S/C21H20N4O2/c1-14(26)17-8-10-18(11-9-17)25-20-12-19(23-15(2)24-20)21(27)22-13-16-6-4-3-5-7-16/h3-12H,13H2,1-2H3,(H,22,27)(H,23,24,25). The smallest absolute Gasteiger partial charge is 0.270 e. The Kier molecular flexibility index (Phi) is 5.56. The number of aromatic nitrogens is 2. The normalized spacial score (nSPS) is 10.3. The summed E-state index contributed by atoms with van der Waals surface area (Å²) in [6.45, 7) is 3.69. The Hall–Kier alpha value is -3.54. The maximum Gasteiger partial charge on any atom is 0.270 e. The Labute approximate surface area is 157 Å². The second-order valence-corrected chi connectivity index (χ2v) is 6.11. The van der Waals surface area contributed by atoms with E-state index in [1.807, 2.05) is 30.3 Å². The average Bonchev–Trinajstić information content (AvgIpc) is 2.67. The Balaban J connectivity index is 1.71. The summed E-state index contributed by atoms with van der Waals surface area (Å²) in [4.78, 5) is 32.3. The van der Waals surface area contributed by atoms with Gasteiger partial charge in [-0.1, -0.05) is 30.3 Å². The molecule has 0 saturated carbocycles.